The van der Waals surface area contributed by atoms with Crippen molar-refractivity contribution in [2.75, 3.05) is 0 Å². The summed E-state index contributed by atoms with van der Waals surface area (Å²) in [7, 11) is 0. The summed E-state index contributed by atoms with van der Waals surface area (Å²) in [5, 5.41) is 9.35. The first-order valence-electron chi connectivity index (χ1n) is 8.98. The summed E-state index contributed by atoms with van der Waals surface area (Å²) < 4.78 is 0. The Balaban J connectivity index is 0.000000170. The molecule has 0 unspecified atom stereocenters. The van der Waals surface area contributed by atoms with Gasteiger partial charge in [0.1, 0.15) is 0 Å². The van der Waals surface area contributed by atoms with Crippen molar-refractivity contribution in [1.82, 2.24) is 9.97 Å². The molecule has 0 bridgehead atoms. The van der Waals surface area contributed by atoms with Gasteiger partial charge in [-0.2, -0.15) is 0 Å². The van der Waals surface area contributed by atoms with Crippen LogP contribution in [0.2, 0.25) is 0 Å². The molecule has 0 saturated heterocycles. The van der Waals surface area contributed by atoms with Gasteiger partial charge in [-0.15, -0.1) is 0 Å². The van der Waals surface area contributed by atoms with Gasteiger partial charge in [0.25, 0.3) is 0 Å². The molecule has 130 valence electrons. The van der Waals surface area contributed by atoms with Crippen molar-refractivity contribution >= 4 is 28.0 Å². The zero-order chi connectivity index (χ0) is 18.4. The summed E-state index contributed by atoms with van der Waals surface area (Å²) in [6.07, 6.45) is 5.31. The van der Waals surface area contributed by atoms with Gasteiger partial charge in [0.15, 0.2) is 0 Å². The topological polar surface area (TPSA) is 49.6 Å². The van der Waals surface area contributed by atoms with Crippen molar-refractivity contribution < 1.29 is 0 Å². The van der Waals surface area contributed by atoms with E-state index in [-0.39, 0.29) is 0 Å². The van der Waals surface area contributed by atoms with Crippen LogP contribution in [0.4, 0.5) is 0 Å². The van der Waals surface area contributed by atoms with Crippen LogP contribution in [0.1, 0.15) is 30.7 Å². The van der Waals surface area contributed by atoms with E-state index in [9.17, 15) is 0 Å². The molecule has 0 radical (unpaired) electrons. The highest BCUT2D eigenvalue weighted by Crippen LogP contribution is 2.21. The number of nitrogens with one attached hydrogen (secondary N) is 1. The molecule has 2 heterocycles. The molecule has 0 fully saturated rings. The van der Waals surface area contributed by atoms with E-state index in [1.807, 2.05) is 36.4 Å². The highest BCUT2D eigenvalue weighted by Gasteiger charge is 2.02. The number of pyridine rings is 2. The molecular weight excluding hydrogens is 318 g/mol. The number of aromatic nitrogens is 2. The second-order valence-electron chi connectivity index (χ2n) is 6.12. The van der Waals surface area contributed by atoms with Crippen molar-refractivity contribution in [3.8, 4) is 0 Å². The lowest BCUT2D eigenvalue weighted by molar-refractivity contribution is 1.09. The summed E-state index contributed by atoms with van der Waals surface area (Å²) in [6, 6.07) is 20.6. The fourth-order valence-corrected chi connectivity index (χ4v) is 2.89. The first kappa shape index (κ1) is 17.7. The quantitative estimate of drug-likeness (QED) is 0.390. The van der Waals surface area contributed by atoms with Crippen molar-refractivity contribution in [2.45, 2.75) is 26.7 Å². The zero-order valence-electron chi connectivity index (χ0n) is 15.2. The molecule has 0 aliphatic carbocycles. The number of hydrogen-bond donors (Lipinski definition) is 1. The number of hydrogen-bond acceptors (Lipinski definition) is 3. The monoisotopic (exact) mass is 341 g/mol. The van der Waals surface area contributed by atoms with Gasteiger partial charge in [0, 0.05) is 23.2 Å². The summed E-state index contributed by atoms with van der Waals surface area (Å²) >= 11 is 0. The largest absolute Gasteiger partial charge is 0.307 e. The standard InChI is InChI=1S/C13H9N3.C10H14/c14-8-11-6-5-10-4-3-9-2-1-7-15-12(9)13(10)16-11;1-3-9-6-5-7-10(4-2)8-9/h1-8,14H;5-8H,3-4H2,1-2H3. The molecular formula is C23H23N3. The number of fused-ring (bicyclic) bond motifs is 3. The predicted octanol–water partition coefficient (Wildman–Crippen LogP) is 5.59. The third-order valence-electron chi connectivity index (χ3n) is 4.41. The molecule has 4 rings (SSSR count). The van der Waals surface area contributed by atoms with Crippen LogP contribution in [-0.2, 0) is 12.8 Å². The van der Waals surface area contributed by atoms with E-state index < -0.39 is 0 Å². The minimum absolute atomic E-state index is 0.658. The molecule has 3 nitrogen and oxygen atoms in total. The molecule has 0 amide bonds. The van der Waals surface area contributed by atoms with E-state index in [0.717, 1.165) is 34.6 Å². The molecule has 2 aromatic carbocycles. The molecule has 0 saturated carbocycles. The van der Waals surface area contributed by atoms with Crippen LogP contribution in [0.25, 0.3) is 21.8 Å². The lowest BCUT2D eigenvalue weighted by Crippen LogP contribution is -1.89. The SMILES string of the molecule is CCc1cccc(CC)c1.N=Cc1ccc2ccc3cccnc3c2n1. The van der Waals surface area contributed by atoms with Gasteiger partial charge in [-0.05, 0) is 36.1 Å². The van der Waals surface area contributed by atoms with Gasteiger partial charge in [-0.3, -0.25) is 4.98 Å². The fraction of sp³-hybridized carbons (Fsp3) is 0.174. The summed E-state index contributed by atoms with van der Waals surface area (Å²) in [4.78, 5) is 8.76. The van der Waals surface area contributed by atoms with Crippen molar-refractivity contribution in [3.63, 3.8) is 0 Å². The molecule has 0 aliphatic rings. The van der Waals surface area contributed by atoms with Gasteiger partial charge in [0.2, 0.25) is 0 Å². The molecule has 0 aliphatic heterocycles. The highest BCUT2D eigenvalue weighted by molar-refractivity contribution is 6.03. The number of benzene rings is 2. The summed E-state index contributed by atoms with van der Waals surface area (Å²) in [5.74, 6) is 0. The smallest absolute Gasteiger partial charge is 0.0972 e. The second-order valence-corrected chi connectivity index (χ2v) is 6.12. The first-order valence-corrected chi connectivity index (χ1v) is 8.98. The maximum Gasteiger partial charge on any atom is 0.0972 e. The summed E-state index contributed by atoms with van der Waals surface area (Å²) in [6.45, 7) is 4.38. The second kappa shape index (κ2) is 8.34. The van der Waals surface area contributed by atoms with Gasteiger partial charge < -0.3 is 5.41 Å². The van der Waals surface area contributed by atoms with Gasteiger partial charge >= 0.3 is 0 Å². The number of nitrogens with zero attached hydrogens (tertiary/aromatic N) is 2. The van der Waals surface area contributed by atoms with E-state index >= 15 is 0 Å². The van der Waals surface area contributed by atoms with E-state index in [1.165, 1.54) is 17.3 Å². The Bertz CT molecular complexity index is 1020. The lowest BCUT2D eigenvalue weighted by atomic mass is 10.1. The van der Waals surface area contributed by atoms with Gasteiger partial charge in [0.05, 0.1) is 16.7 Å². The van der Waals surface area contributed by atoms with Crippen LogP contribution in [-0.4, -0.2) is 16.2 Å². The Morgan fingerprint density at radius 1 is 0.808 bits per heavy atom. The average molecular weight is 341 g/mol. The predicted molar refractivity (Wildman–Crippen MR) is 110 cm³/mol. The van der Waals surface area contributed by atoms with Crippen molar-refractivity contribution in [2.24, 2.45) is 0 Å². The molecule has 26 heavy (non-hydrogen) atoms. The Morgan fingerprint density at radius 2 is 1.46 bits per heavy atom. The lowest BCUT2D eigenvalue weighted by Gasteiger charge is -2.02. The normalized spacial score (nSPS) is 10.4. The van der Waals surface area contributed by atoms with E-state index in [0.29, 0.717) is 5.69 Å². The molecule has 0 atom stereocenters. The van der Waals surface area contributed by atoms with Crippen molar-refractivity contribution in [3.05, 3.63) is 83.7 Å². The van der Waals surface area contributed by atoms with E-state index in [2.05, 4.69) is 48.1 Å². The van der Waals surface area contributed by atoms with Gasteiger partial charge in [-0.1, -0.05) is 62.4 Å². The van der Waals surface area contributed by atoms with E-state index in [4.69, 9.17) is 5.41 Å². The Kier molecular flexibility index (Phi) is 5.69. The Morgan fingerprint density at radius 3 is 2.12 bits per heavy atom. The van der Waals surface area contributed by atoms with Crippen LogP contribution >= 0.6 is 0 Å². The average Bonchev–Trinajstić information content (AvgIpc) is 2.73. The molecule has 3 heteroatoms. The third kappa shape index (κ3) is 3.94. The number of rotatable bonds is 3. The minimum Gasteiger partial charge on any atom is -0.307 e. The Hall–Kier alpha value is -3.07. The molecule has 0 spiro atoms. The van der Waals surface area contributed by atoms with Crippen LogP contribution in [0, 0.1) is 5.41 Å². The van der Waals surface area contributed by atoms with Crippen LogP contribution in [0.3, 0.4) is 0 Å². The highest BCUT2D eigenvalue weighted by atomic mass is 14.8. The maximum absolute atomic E-state index is 7.22. The van der Waals surface area contributed by atoms with Crippen molar-refractivity contribution in [1.29, 1.82) is 5.41 Å². The molecule has 4 aromatic rings. The third-order valence-corrected chi connectivity index (χ3v) is 4.41. The Labute approximate surface area is 154 Å². The first-order chi connectivity index (χ1) is 12.7. The molecule has 1 N–H and O–H groups in total. The zero-order valence-corrected chi connectivity index (χ0v) is 15.2. The van der Waals surface area contributed by atoms with E-state index in [1.54, 1.807) is 6.20 Å². The molecule has 2 aromatic heterocycles. The fourth-order valence-electron chi connectivity index (χ4n) is 2.89. The van der Waals surface area contributed by atoms with Gasteiger partial charge in [-0.25, -0.2) is 4.98 Å². The number of aryl methyl sites for hydroxylation is 2. The minimum atomic E-state index is 0.658. The van der Waals surface area contributed by atoms with Crippen LogP contribution < -0.4 is 0 Å². The summed E-state index contributed by atoms with van der Waals surface area (Å²) in [5.41, 5.74) is 5.30. The maximum atomic E-state index is 7.22. The van der Waals surface area contributed by atoms with Crippen LogP contribution in [0.15, 0.2) is 66.9 Å². The van der Waals surface area contributed by atoms with Crippen LogP contribution in [0.5, 0.6) is 0 Å².